The Morgan fingerprint density at radius 3 is 1.76 bits per heavy atom. The highest BCUT2D eigenvalue weighted by atomic mass is 16.3. The van der Waals surface area contributed by atoms with Gasteiger partial charge in [-0.05, 0) is 76.7 Å². The first-order valence-corrected chi connectivity index (χ1v) is 18.8. The van der Waals surface area contributed by atoms with Gasteiger partial charge in [0.25, 0.3) is 0 Å². The minimum Gasteiger partial charge on any atom is -0.453 e. The molecule has 3 nitrogen and oxygen atoms in total. The van der Waals surface area contributed by atoms with E-state index >= 15 is 0 Å². The summed E-state index contributed by atoms with van der Waals surface area (Å²) in [6, 6.07) is 73.8. The third-order valence-electron chi connectivity index (χ3n) is 11.0. The molecule has 0 unspecified atom stereocenters. The fourth-order valence-corrected chi connectivity index (χ4v) is 8.45. The van der Waals surface area contributed by atoms with Crippen LogP contribution in [0.1, 0.15) is 0 Å². The van der Waals surface area contributed by atoms with Gasteiger partial charge < -0.3 is 13.9 Å². The maximum Gasteiger partial charge on any atom is 0.159 e. The molecule has 3 heteroatoms. The Bertz CT molecular complexity index is 3150. The van der Waals surface area contributed by atoms with Crippen molar-refractivity contribution in [3.05, 3.63) is 206 Å². The third kappa shape index (κ3) is 5.05. The molecular weight excluding hydrogens is 669 g/mol. The summed E-state index contributed by atoms with van der Waals surface area (Å²) in [4.78, 5) is 2.35. The van der Waals surface area contributed by atoms with Crippen molar-refractivity contribution in [3.63, 3.8) is 0 Å². The van der Waals surface area contributed by atoms with Crippen molar-refractivity contribution in [1.82, 2.24) is 4.57 Å². The Kier molecular flexibility index (Phi) is 7.17. The SMILES string of the molecule is c1ccc(-c2ccccc2N(c2ccc(-c3cccc(-n4c5ccccc5c5ccccc54)c3)cc2)c2cccc3c2oc2c4ccccc4ccc32)cc1. The van der Waals surface area contributed by atoms with E-state index in [9.17, 15) is 0 Å². The summed E-state index contributed by atoms with van der Waals surface area (Å²) in [5.74, 6) is 0. The van der Waals surface area contributed by atoms with Crippen LogP contribution < -0.4 is 4.90 Å². The minimum absolute atomic E-state index is 0.861. The zero-order valence-corrected chi connectivity index (χ0v) is 29.9. The van der Waals surface area contributed by atoms with Gasteiger partial charge in [0.05, 0.1) is 22.4 Å². The van der Waals surface area contributed by atoms with Crippen molar-refractivity contribution in [1.29, 1.82) is 0 Å². The summed E-state index contributed by atoms with van der Waals surface area (Å²) in [5.41, 5.74) is 13.0. The van der Waals surface area contributed by atoms with Crippen LogP contribution in [0.25, 0.3) is 82.5 Å². The second-order valence-electron chi connectivity index (χ2n) is 14.1. The van der Waals surface area contributed by atoms with Gasteiger partial charge in [-0.25, -0.2) is 0 Å². The van der Waals surface area contributed by atoms with Crippen molar-refractivity contribution in [2.75, 3.05) is 4.90 Å². The van der Waals surface area contributed by atoms with Gasteiger partial charge in [0, 0.05) is 43.9 Å². The lowest BCUT2D eigenvalue weighted by Crippen LogP contribution is -2.11. The molecule has 0 saturated heterocycles. The molecule has 0 aliphatic heterocycles. The average molecular weight is 703 g/mol. The molecule has 0 amide bonds. The molecule has 0 fully saturated rings. The summed E-state index contributed by atoms with van der Waals surface area (Å²) in [6.07, 6.45) is 0. The Labute approximate surface area is 318 Å². The predicted molar refractivity (Wildman–Crippen MR) is 231 cm³/mol. The van der Waals surface area contributed by atoms with E-state index in [1.807, 2.05) is 0 Å². The number of aromatic nitrogens is 1. The largest absolute Gasteiger partial charge is 0.453 e. The lowest BCUT2D eigenvalue weighted by Gasteiger charge is -2.28. The van der Waals surface area contributed by atoms with Crippen molar-refractivity contribution in [2.24, 2.45) is 0 Å². The number of hydrogen-bond acceptors (Lipinski definition) is 2. The lowest BCUT2D eigenvalue weighted by molar-refractivity contribution is 0.673. The lowest BCUT2D eigenvalue weighted by atomic mass is 10.0. The standard InChI is InChI=1S/C52H34N2O/c1-2-14-36(15-3-1)41-19-6-9-24-47(41)53(50-27-13-23-45-46-33-30-37-16-4-5-20-42(37)51(46)55-52(45)50)39-31-28-35(29-32-39)38-17-12-18-40(34-38)54-48-25-10-7-21-43(48)44-22-8-11-26-49(44)54/h1-34H. The zero-order chi connectivity index (χ0) is 36.3. The van der Waals surface area contributed by atoms with Gasteiger partial charge in [0.1, 0.15) is 5.58 Å². The van der Waals surface area contributed by atoms with E-state index in [4.69, 9.17) is 4.42 Å². The molecule has 0 atom stereocenters. The molecule has 11 aromatic rings. The average Bonchev–Trinajstić information content (AvgIpc) is 3.82. The molecule has 55 heavy (non-hydrogen) atoms. The molecule has 258 valence electrons. The number of nitrogens with zero attached hydrogens (tertiary/aromatic N) is 2. The van der Waals surface area contributed by atoms with Gasteiger partial charge in [-0.15, -0.1) is 0 Å². The summed E-state index contributed by atoms with van der Waals surface area (Å²) in [5, 5.41) is 7.02. The molecule has 9 aromatic carbocycles. The van der Waals surface area contributed by atoms with E-state index in [2.05, 4.69) is 216 Å². The number of anilines is 3. The van der Waals surface area contributed by atoms with Crippen LogP contribution in [0.2, 0.25) is 0 Å². The van der Waals surface area contributed by atoms with E-state index < -0.39 is 0 Å². The first-order chi connectivity index (χ1) is 27.3. The number of fused-ring (bicyclic) bond motifs is 8. The van der Waals surface area contributed by atoms with Crippen LogP contribution in [0.3, 0.4) is 0 Å². The summed E-state index contributed by atoms with van der Waals surface area (Å²) >= 11 is 0. The van der Waals surface area contributed by atoms with Gasteiger partial charge in [-0.1, -0.05) is 152 Å². The van der Waals surface area contributed by atoms with Crippen LogP contribution in [-0.4, -0.2) is 4.57 Å². The third-order valence-corrected chi connectivity index (χ3v) is 11.0. The van der Waals surface area contributed by atoms with Crippen molar-refractivity contribution < 1.29 is 4.42 Å². The fraction of sp³-hybridized carbons (Fsp3) is 0. The molecule has 0 N–H and O–H groups in total. The van der Waals surface area contributed by atoms with E-state index in [1.54, 1.807) is 0 Å². The molecule has 2 heterocycles. The topological polar surface area (TPSA) is 21.3 Å². The molecule has 0 bridgehead atoms. The zero-order valence-electron chi connectivity index (χ0n) is 29.9. The highest BCUT2D eigenvalue weighted by Gasteiger charge is 2.22. The van der Waals surface area contributed by atoms with Gasteiger partial charge >= 0.3 is 0 Å². The van der Waals surface area contributed by atoms with E-state index in [0.717, 1.165) is 72.3 Å². The molecule has 0 radical (unpaired) electrons. The number of rotatable bonds is 6. The summed E-state index contributed by atoms with van der Waals surface area (Å²) < 4.78 is 9.30. The highest BCUT2D eigenvalue weighted by molar-refractivity contribution is 6.17. The quantitative estimate of drug-likeness (QED) is 0.172. The molecule has 0 aliphatic rings. The van der Waals surface area contributed by atoms with Crippen LogP contribution in [0, 0.1) is 0 Å². The maximum atomic E-state index is 6.93. The molecule has 0 saturated carbocycles. The summed E-state index contributed by atoms with van der Waals surface area (Å²) in [6.45, 7) is 0. The highest BCUT2D eigenvalue weighted by Crippen LogP contribution is 2.46. The van der Waals surface area contributed by atoms with Crippen LogP contribution in [0.5, 0.6) is 0 Å². The maximum absolute atomic E-state index is 6.93. The van der Waals surface area contributed by atoms with Crippen molar-refractivity contribution >= 4 is 71.6 Å². The van der Waals surface area contributed by atoms with Gasteiger partial charge in [0.2, 0.25) is 0 Å². The number of para-hydroxylation sites is 4. The molecule has 0 spiro atoms. The number of hydrogen-bond donors (Lipinski definition) is 0. The number of furan rings is 1. The summed E-state index contributed by atoms with van der Waals surface area (Å²) in [7, 11) is 0. The van der Waals surface area contributed by atoms with Crippen LogP contribution in [-0.2, 0) is 0 Å². The first-order valence-electron chi connectivity index (χ1n) is 18.8. The Morgan fingerprint density at radius 1 is 0.364 bits per heavy atom. The monoisotopic (exact) mass is 702 g/mol. The fourth-order valence-electron chi connectivity index (χ4n) is 8.45. The van der Waals surface area contributed by atoms with Gasteiger partial charge in [-0.2, -0.15) is 0 Å². The van der Waals surface area contributed by atoms with Crippen LogP contribution >= 0.6 is 0 Å². The molecule has 0 aliphatic carbocycles. The van der Waals surface area contributed by atoms with Gasteiger partial charge in [-0.3, -0.25) is 0 Å². The Balaban J connectivity index is 1.08. The molecule has 2 aromatic heterocycles. The van der Waals surface area contributed by atoms with E-state index in [-0.39, 0.29) is 0 Å². The molecule has 11 rings (SSSR count). The van der Waals surface area contributed by atoms with E-state index in [1.165, 1.54) is 27.2 Å². The van der Waals surface area contributed by atoms with Crippen LogP contribution in [0.15, 0.2) is 211 Å². The van der Waals surface area contributed by atoms with Crippen LogP contribution in [0.4, 0.5) is 17.1 Å². The molecular formula is C52H34N2O. The van der Waals surface area contributed by atoms with Crippen molar-refractivity contribution in [3.8, 4) is 27.9 Å². The van der Waals surface area contributed by atoms with Crippen molar-refractivity contribution in [2.45, 2.75) is 0 Å². The Hall–Kier alpha value is -7.36. The predicted octanol–water partition coefficient (Wildman–Crippen LogP) is 14.6. The van der Waals surface area contributed by atoms with Gasteiger partial charge in [0.15, 0.2) is 5.58 Å². The normalized spacial score (nSPS) is 11.6. The second-order valence-corrected chi connectivity index (χ2v) is 14.1. The minimum atomic E-state index is 0.861. The second kappa shape index (κ2) is 12.6. The Morgan fingerprint density at radius 2 is 0.964 bits per heavy atom. The number of benzene rings is 9. The smallest absolute Gasteiger partial charge is 0.159 e. The first kappa shape index (κ1) is 31.2. The van der Waals surface area contributed by atoms with E-state index in [0.29, 0.717) is 0 Å².